The van der Waals surface area contributed by atoms with E-state index in [1.807, 2.05) is 0 Å². The second kappa shape index (κ2) is 6.85. The second-order valence-corrected chi connectivity index (χ2v) is 4.29. The van der Waals surface area contributed by atoms with Crippen molar-refractivity contribution >= 4 is 11.6 Å². The molecule has 0 fully saturated rings. The van der Waals surface area contributed by atoms with E-state index in [1.165, 1.54) is 0 Å². The maximum absolute atomic E-state index is 12.0. The molecule has 6 heteroatoms. The minimum atomic E-state index is -4.13. The fourth-order valence-corrected chi connectivity index (χ4v) is 1.67. The number of ether oxygens (including phenoxy) is 1. The summed E-state index contributed by atoms with van der Waals surface area (Å²) in [6, 6.07) is 5.06. The van der Waals surface area contributed by atoms with Gasteiger partial charge in [-0.05, 0) is 31.7 Å². The SMILES string of the molecule is CNCc1cc(Cl)ccc1OCCCC(F)(F)F. The van der Waals surface area contributed by atoms with Crippen LogP contribution in [0.4, 0.5) is 13.2 Å². The average molecular weight is 282 g/mol. The van der Waals surface area contributed by atoms with Crippen LogP contribution in [0.2, 0.25) is 5.02 Å². The largest absolute Gasteiger partial charge is 0.493 e. The molecule has 1 aromatic rings. The molecule has 0 aliphatic carbocycles. The lowest BCUT2D eigenvalue weighted by molar-refractivity contribution is -0.136. The maximum Gasteiger partial charge on any atom is 0.389 e. The van der Waals surface area contributed by atoms with Crippen LogP contribution in [0.5, 0.6) is 5.75 Å². The second-order valence-electron chi connectivity index (χ2n) is 3.85. The molecule has 0 aromatic heterocycles. The highest BCUT2D eigenvalue weighted by Crippen LogP contribution is 2.24. The number of rotatable bonds is 6. The van der Waals surface area contributed by atoms with Crippen molar-refractivity contribution in [3.05, 3.63) is 28.8 Å². The molecular weight excluding hydrogens is 267 g/mol. The third-order valence-corrected chi connectivity index (χ3v) is 2.49. The number of nitrogens with one attached hydrogen (secondary N) is 1. The van der Waals surface area contributed by atoms with Gasteiger partial charge >= 0.3 is 6.18 Å². The van der Waals surface area contributed by atoms with Gasteiger partial charge in [-0.3, -0.25) is 0 Å². The molecule has 1 N–H and O–H groups in total. The van der Waals surface area contributed by atoms with E-state index in [2.05, 4.69) is 5.32 Å². The lowest BCUT2D eigenvalue weighted by Gasteiger charge is -2.12. The molecule has 0 unspecified atom stereocenters. The van der Waals surface area contributed by atoms with Gasteiger partial charge in [0.1, 0.15) is 5.75 Å². The molecule has 0 bridgehead atoms. The molecule has 18 heavy (non-hydrogen) atoms. The van der Waals surface area contributed by atoms with E-state index in [4.69, 9.17) is 16.3 Å². The lowest BCUT2D eigenvalue weighted by Crippen LogP contribution is -2.11. The minimum absolute atomic E-state index is 0.0395. The van der Waals surface area contributed by atoms with Crippen LogP contribution in [-0.4, -0.2) is 19.8 Å². The summed E-state index contributed by atoms with van der Waals surface area (Å²) in [5, 5.41) is 3.52. The monoisotopic (exact) mass is 281 g/mol. The van der Waals surface area contributed by atoms with Crippen molar-refractivity contribution < 1.29 is 17.9 Å². The highest BCUT2D eigenvalue weighted by Gasteiger charge is 2.26. The molecule has 102 valence electrons. The van der Waals surface area contributed by atoms with Crippen LogP contribution in [-0.2, 0) is 6.54 Å². The summed E-state index contributed by atoms with van der Waals surface area (Å²) >= 11 is 5.84. The van der Waals surface area contributed by atoms with Crippen LogP contribution in [0.1, 0.15) is 18.4 Å². The average Bonchev–Trinajstić information content (AvgIpc) is 2.26. The van der Waals surface area contributed by atoms with Gasteiger partial charge in [-0.1, -0.05) is 11.6 Å². The molecule has 0 saturated heterocycles. The molecule has 0 radical (unpaired) electrons. The standard InChI is InChI=1S/C12H15ClF3NO/c1-17-8-9-7-10(13)3-4-11(9)18-6-2-5-12(14,15)16/h3-4,7,17H,2,5-6,8H2,1H3. The van der Waals surface area contributed by atoms with Gasteiger partial charge < -0.3 is 10.1 Å². The van der Waals surface area contributed by atoms with Gasteiger partial charge in [0, 0.05) is 23.6 Å². The molecule has 0 heterocycles. The summed E-state index contributed by atoms with van der Waals surface area (Å²) in [4.78, 5) is 0. The van der Waals surface area contributed by atoms with Crippen molar-refractivity contribution in [2.24, 2.45) is 0 Å². The summed E-state index contributed by atoms with van der Waals surface area (Å²) in [7, 11) is 1.77. The lowest BCUT2D eigenvalue weighted by atomic mass is 10.2. The highest BCUT2D eigenvalue weighted by atomic mass is 35.5. The number of benzene rings is 1. The van der Waals surface area contributed by atoms with Crippen molar-refractivity contribution in [1.82, 2.24) is 5.32 Å². The predicted octanol–water partition coefficient (Wildman–Crippen LogP) is 3.78. The summed E-state index contributed by atoms with van der Waals surface area (Å²) in [5.41, 5.74) is 0.831. The van der Waals surface area contributed by atoms with Crippen LogP contribution in [0.25, 0.3) is 0 Å². The highest BCUT2D eigenvalue weighted by molar-refractivity contribution is 6.30. The first-order valence-electron chi connectivity index (χ1n) is 5.55. The van der Waals surface area contributed by atoms with Crippen molar-refractivity contribution in [2.45, 2.75) is 25.6 Å². The van der Waals surface area contributed by atoms with E-state index in [-0.39, 0.29) is 13.0 Å². The van der Waals surface area contributed by atoms with E-state index in [9.17, 15) is 13.2 Å². The first kappa shape index (κ1) is 15.1. The Labute approximate surface area is 109 Å². The number of hydrogen-bond donors (Lipinski definition) is 1. The third-order valence-electron chi connectivity index (χ3n) is 2.25. The van der Waals surface area contributed by atoms with E-state index in [0.717, 1.165) is 5.56 Å². The van der Waals surface area contributed by atoms with Gasteiger partial charge in [0.15, 0.2) is 0 Å². The molecule has 0 saturated carbocycles. The number of halogens is 4. The first-order chi connectivity index (χ1) is 8.42. The van der Waals surface area contributed by atoms with Gasteiger partial charge in [-0.25, -0.2) is 0 Å². The molecule has 0 aliphatic heterocycles. The Morgan fingerprint density at radius 1 is 1.33 bits per heavy atom. The fourth-order valence-electron chi connectivity index (χ4n) is 1.47. The summed E-state index contributed by atoms with van der Waals surface area (Å²) < 4.78 is 41.2. The molecule has 2 nitrogen and oxygen atoms in total. The zero-order valence-corrected chi connectivity index (χ0v) is 10.7. The normalized spacial score (nSPS) is 11.6. The Kier molecular flexibility index (Phi) is 5.75. The van der Waals surface area contributed by atoms with Crippen LogP contribution in [0, 0.1) is 0 Å². The van der Waals surface area contributed by atoms with Crippen LogP contribution in [0.15, 0.2) is 18.2 Å². The number of hydrogen-bond acceptors (Lipinski definition) is 2. The molecule has 1 aromatic carbocycles. The minimum Gasteiger partial charge on any atom is -0.493 e. The Morgan fingerprint density at radius 2 is 2.06 bits per heavy atom. The van der Waals surface area contributed by atoms with E-state index in [0.29, 0.717) is 17.3 Å². The maximum atomic E-state index is 12.0. The van der Waals surface area contributed by atoms with Crippen molar-refractivity contribution in [2.75, 3.05) is 13.7 Å². The predicted molar refractivity (Wildman–Crippen MR) is 65.0 cm³/mol. The zero-order valence-electron chi connectivity index (χ0n) is 9.98. The van der Waals surface area contributed by atoms with Crippen LogP contribution in [0.3, 0.4) is 0 Å². The molecular formula is C12H15ClF3NO. The Morgan fingerprint density at radius 3 is 2.67 bits per heavy atom. The van der Waals surface area contributed by atoms with Gasteiger partial charge in [-0.15, -0.1) is 0 Å². The van der Waals surface area contributed by atoms with Gasteiger partial charge in [0.05, 0.1) is 6.61 Å². The van der Waals surface area contributed by atoms with Gasteiger partial charge in [-0.2, -0.15) is 13.2 Å². The Hall–Kier alpha value is -0.940. The van der Waals surface area contributed by atoms with Crippen LogP contribution < -0.4 is 10.1 Å². The Balaban J connectivity index is 2.51. The third kappa shape index (κ3) is 5.60. The van der Waals surface area contributed by atoms with Gasteiger partial charge in [0.2, 0.25) is 0 Å². The van der Waals surface area contributed by atoms with E-state index < -0.39 is 12.6 Å². The summed E-state index contributed by atoms with van der Waals surface area (Å²) in [6.45, 7) is 0.590. The first-order valence-corrected chi connectivity index (χ1v) is 5.93. The summed E-state index contributed by atoms with van der Waals surface area (Å²) in [6.07, 6.45) is -5.01. The fraction of sp³-hybridized carbons (Fsp3) is 0.500. The number of alkyl halides is 3. The Bertz CT molecular complexity index is 382. The van der Waals surface area contributed by atoms with E-state index >= 15 is 0 Å². The molecule has 0 atom stereocenters. The summed E-state index contributed by atoms with van der Waals surface area (Å²) in [5.74, 6) is 0.566. The zero-order chi connectivity index (χ0) is 13.6. The molecule has 0 amide bonds. The topological polar surface area (TPSA) is 21.3 Å². The quantitative estimate of drug-likeness (QED) is 0.801. The molecule has 0 aliphatic rings. The van der Waals surface area contributed by atoms with Crippen molar-refractivity contribution in [3.63, 3.8) is 0 Å². The van der Waals surface area contributed by atoms with E-state index in [1.54, 1.807) is 25.2 Å². The van der Waals surface area contributed by atoms with Crippen molar-refractivity contribution in [1.29, 1.82) is 0 Å². The van der Waals surface area contributed by atoms with Gasteiger partial charge in [0.25, 0.3) is 0 Å². The smallest absolute Gasteiger partial charge is 0.389 e. The van der Waals surface area contributed by atoms with Crippen molar-refractivity contribution in [3.8, 4) is 5.75 Å². The van der Waals surface area contributed by atoms with Crippen LogP contribution >= 0.6 is 11.6 Å². The molecule has 0 spiro atoms. The molecule has 1 rings (SSSR count).